The number of hydrogen-bond donors (Lipinski definition) is 10. The first-order valence-electron chi connectivity index (χ1n) is 24.3. The number of carboxylic acids is 3. The van der Waals surface area contributed by atoms with Crippen LogP contribution in [-0.4, -0.2) is 151 Å². The van der Waals surface area contributed by atoms with Crippen molar-refractivity contribution < 1.29 is 73.6 Å². The smallest absolute Gasteiger partial charge is 0.326 e. The second kappa shape index (κ2) is 29.9. The van der Waals surface area contributed by atoms with Crippen molar-refractivity contribution in [2.45, 2.75) is 76.9 Å². The largest absolute Gasteiger partial charge is 0.507 e. The van der Waals surface area contributed by atoms with Crippen LogP contribution in [0.4, 0.5) is 10.5 Å². The summed E-state index contributed by atoms with van der Waals surface area (Å²) in [7, 11) is 4.55. The first-order chi connectivity index (χ1) is 36.2. The van der Waals surface area contributed by atoms with Gasteiger partial charge < -0.3 is 66.1 Å². The topological polar surface area (TPSA) is 337 Å². The van der Waals surface area contributed by atoms with Crippen molar-refractivity contribution in [1.82, 2.24) is 16.0 Å². The van der Waals surface area contributed by atoms with E-state index in [1.807, 2.05) is 24.3 Å². The molecule has 0 fully saturated rings. The molecule has 0 bridgehead atoms. The van der Waals surface area contributed by atoms with Crippen LogP contribution in [0, 0.1) is 11.3 Å². The van der Waals surface area contributed by atoms with E-state index >= 15 is 0 Å². The average molecular weight is 1050 g/mol. The summed E-state index contributed by atoms with van der Waals surface area (Å²) >= 11 is 0. The summed E-state index contributed by atoms with van der Waals surface area (Å²) in [5.41, 5.74) is 1.90. The van der Waals surface area contributed by atoms with Crippen LogP contribution in [0.25, 0.3) is 0 Å². The minimum atomic E-state index is -1.54. The number of ketones is 1. The molecule has 0 aliphatic rings. The zero-order chi connectivity index (χ0) is 55.8. The number of Topliss-reactive ketones (excluding diaryl/α,β-unsaturated/α-hetero) is 1. The van der Waals surface area contributed by atoms with E-state index < -0.39 is 66.2 Å². The fourth-order valence-corrected chi connectivity index (χ4v) is 7.67. The lowest BCUT2D eigenvalue weighted by Crippen LogP contribution is -2.51. The number of hydrogen-bond acceptors (Lipinski definition) is 16. The molecule has 76 heavy (non-hydrogen) atoms. The molecule has 22 heteroatoms. The molecule has 4 rings (SSSR count). The Hall–Kier alpha value is -8.69. The maximum absolute atomic E-state index is 13.4. The monoisotopic (exact) mass is 1050 g/mol. The maximum atomic E-state index is 13.4. The highest BCUT2D eigenvalue weighted by atomic mass is 16.5. The van der Waals surface area contributed by atoms with Crippen molar-refractivity contribution in [2.75, 3.05) is 52.8 Å². The third-order valence-electron chi connectivity index (χ3n) is 12.1. The molecule has 0 saturated heterocycles. The highest BCUT2D eigenvalue weighted by Crippen LogP contribution is 2.30. The van der Waals surface area contributed by atoms with Gasteiger partial charge in [-0.1, -0.05) is 19.1 Å². The van der Waals surface area contributed by atoms with E-state index in [1.54, 1.807) is 68.9 Å². The molecule has 0 aliphatic heterocycles. The van der Waals surface area contributed by atoms with Crippen molar-refractivity contribution in [3.8, 4) is 34.5 Å². The number of ether oxygens (including phenoxy) is 3. The van der Waals surface area contributed by atoms with Crippen molar-refractivity contribution in [2.24, 2.45) is 26.3 Å². The van der Waals surface area contributed by atoms with Gasteiger partial charge in [0.05, 0.1) is 27.4 Å². The normalized spacial score (nSPS) is 13.8. The van der Waals surface area contributed by atoms with Crippen LogP contribution in [0.1, 0.15) is 74.6 Å². The number of aliphatic imine (C=N–C) groups is 3. The van der Waals surface area contributed by atoms with Crippen molar-refractivity contribution >= 4 is 60.0 Å². The SMILES string of the molecule is COc1ccc(O)c(C=NCC(CN=Cc2cc(OC)ccc2O)(CN=Cc2cc(OC)ccc2O)Cc2ccc(NC(C)C(=O)CC(C)C(=O)NCCCCC(NC(=O)NC(CCC(=O)O)C(=O)O)C(=O)O)cc2)c1. The van der Waals surface area contributed by atoms with Crippen molar-refractivity contribution in [1.29, 1.82) is 0 Å². The number of aromatic hydroxyl groups is 3. The Balaban J connectivity index is 1.44. The lowest BCUT2D eigenvalue weighted by atomic mass is 9.81. The lowest BCUT2D eigenvalue weighted by molar-refractivity contribution is -0.141. The Labute approximate surface area is 440 Å². The van der Waals surface area contributed by atoms with Gasteiger partial charge in [0.15, 0.2) is 5.78 Å². The zero-order valence-electron chi connectivity index (χ0n) is 43.0. The number of amides is 3. The van der Waals surface area contributed by atoms with Gasteiger partial charge in [-0.15, -0.1) is 0 Å². The summed E-state index contributed by atoms with van der Waals surface area (Å²) < 4.78 is 16.1. The van der Waals surface area contributed by atoms with E-state index in [9.17, 15) is 54.3 Å². The quantitative estimate of drug-likeness (QED) is 0.0214. The van der Waals surface area contributed by atoms with Crippen LogP contribution in [-0.2, 0) is 30.4 Å². The molecule has 10 N–H and O–H groups in total. The Bertz CT molecular complexity index is 2550. The number of carboxylic acid groups (broad SMARTS) is 3. The number of rotatable bonds is 32. The summed E-state index contributed by atoms with van der Waals surface area (Å²) in [5, 5.41) is 69.8. The number of benzene rings is 4. The van der Waals surface area contributed by atoms with Crippen molar-refractivity contribution in [3.05, 3.63) is 101 Å². The number of carbonyl (C=O) groups excluding carboxylic acids is 3. The minimum Gasteiger partial charge on any atom is -0.507 e. The van der Waals surface area contributed by atoms with Gasteiger partial charge >= 0.3 is 23.9 Å². The molecule has 0 spiro atoms. The van der Waals surface area contributed by atoms with Gasteiger partial charge in [-0.25, -0.2) is 14.4 Å². The predicted molar refractivity (Wildman–Crippen MR) is 284 cm³/mol. The fourth-order valence-electron chi connectivity index (χ4n) is 7.67. The maximum Gasteiger partial charge on any atom is 0.326 e. The third kappa shape index (κ3) is 19.6. The molecular formula is C54H67N7O15. The summed E-state index contributed by atoms with van der Waals surface area (Å²) in [4.78, 5) is 87.0. The second-order valence-electron chi connectivity index (χ2n) is 18.1. The molecule has 4 unspecified atom stereocenters. The first kappa shape index (κ1) is 59.9. The second-order valence-corrected chi connectivity index (χ2v) is 18.1. The number of phenolic OH excluding ortho intramolecular Hbond substituents is 3. The van der Waals surface area contributed by atoms with E-state index in [-0.39, 0.29) is 74.4 Å². The van der Waals surface area contributed by atoms with Crippen LogP contribution < -0.4 is 35.5 Å². The minimum absolute atomic E-state index is 0.00461. The summed E-state index contributed by atoms with van der Waals surface area (Å²) in [6.07, 6.45) is 4.52. The highest BCUT2D eigenvalue weighted by Gasteiger charge is 2.31. The number of anilines is 1. The van der Waals surface area contributed by atoms with Gasteiger partial charge in [-0.3, -0.25) is 29.4 Å². The van der Waals surface area contributed by atoms with Crippen LogP contribution in [0.2, 0.25) is 0 Å². The van der Waals surface area contributed by atoms with Crippen molar-refractivity contribution in [3.63, 3.8) is 0 Å². The molecule has 0 radical (unpaired) electrons. The summed E-state index contributed by atoms with van der Waals surface area (Å²) in [6, 6.07) is 17.1. The van der Waals surface area contributed by atoms with Crippen LogP contribution in [0.15, 0.2) is 93.8 Å². The highest BCUT2D eigenvalue weighted by molar-refractivity contribution is 5.91. The van der Waals surface area contributed by atoms with E-state index in [0.717, 1.165) is 5.56 Å². The molecule has 0 aromatic heterocycles. The average Bonchev–Trinajstić information content (AvgIpc) is 3.38. The predicted octanol–water partition coefficient (Wildman–Crippen LogP) is 5.47. The molecule has 3 amide bonds. The van der Waals surface area contributed by atoms with Gasteiger partial charge in [-0.2, -0.15) is 0 Å². The molecule has 0 saturated carbocycles. The van der Waals surface area contributed by atoms with E-state index in [2.05, 4.69) is 21.3 Å². The van der Waals surface area contributed by atoms with Gasteiger partial charge in [-0.05, 0) is 111 Å². The molecule has 408 valence electrons. The molecular weight excluding hydrogens is 987 g/mol. The lowest BCUT2D eigenvalue weighted by Gasteiger charge is -2.30. The number of carbonyl (C=O) groups is 6. The summed E-state index contributed by atoms with van der Waals surface area (Å²) in [5.74, 6) is -3.87. The van der Waals surface area contributed by atoms with Crippen LogP contribution in [0.3, 0.4) is 0 Å². The number of aliphatic carboxylic acids is 3. The Kier molecular flexibility index (Phi) is 23.5. The zero-order valence-corrected chi connectivity index (χ0v) is 43.0. The number of nitrogens with one attached hydrogen (secondary N) is 4. The van der Waals surface area contributed by atoms with Gasteiger partial charge in [0.1, 0.15) is 46.6 Å². The fraction of sp³-hybridized carbons (Fsp3) is 0.389. The van der Waals surface area contributed by atoms with Crippen LogP contribution in [0.5, 0.6) is 34.5 Å². The number of phenols is 3. The molecule has 4 aromatic carbocycles. The van der Waals surface area contributed by atoms with E-state index in [4.69, 9.17) is 34.3 Å². The molecule has 4 atom stereocenters. The standard InChI is InChI=1S/C54H67N7O15/c1-33(50(68)58-21-7-6-8-43(51(69)70)60-53(73)61-44(52(71)72)16-20-49(66)67)22-48(65)34(2)59-39-11-9-35(10-12-39)26-54(30-55-27-36-23-40(74-3)13-17-45(36)62,31-56-28-37-24-41(75-4)14-18-46(37)63)32-57-29-38-25-42(76-5)15-19-47(38)64/h9-15,17-19,23-25,27-29,33-34,43-44,59,62-64H,6-8,16,20-22,26,30-32H2,1-5H3,(H,58,68)(H,66,67)(H,69,70)(H,71,72)(H2,60,61,73). The third-order valence-corrected chi connectivity index (χ3v) is 12.1. The van der Waals surface area contributed by atoms with E-state index in [0.29, 0.717) is 52.5 Å². The van der Waals surface area contributed by atoms with Gasteiger partial charge in [0, 0.05) is 91.4 Å². The van der Waals surface area contributed by atoms with Gasteiger partial charge in [0.25, 0.3) is 0 Å². The Morgan fingerprint density at radius 2 is 1.07 bits per heavy atom. The molecule has 0 heterocycles. The number of methoxy groups -OCH3 is 3. The molecule has 4 aromatic rings. The number of nitrogens with zero attached hydrogens (tertiary/aromatic N) is 3. The van der Waals surface area contributed by atoms with Crippen LogP contribution >= 0.6 is 0 Å². The molecule has 22 nitrogen and oxygen atoms in total. The Morgan fingerprint density at radius 1 is 0.618 bits per heavy atom. The number of urea groups is 1. The Morgan fingerprint density at radius 3 is 1.49 bits per heavy atom. The molecule has 0 aliphatic carbocycles. The summed E-state index contributed by atoms with van der Waals surface area (Å²) in [6.45, 7) is 3.88. The van der Waals surface area contributed by atoms with E-state index in [1.165, 1.54) is 39.5 Å². The number of unbranched alkanes of at least 4 members (excludes halogenated alkanes) is 1. The first-order valence-corrected chi connectivity index (χ1v) is 24.3. The van der Waals surface area contributed by atoms with Gasteiger partial charge in [0.2, 0.25) is 5.91 Å².